The van der Waals surface area contributed by atoms with Crippen LogP contribution in [0.3, 0.4) is 0 Å². The van der Waals surface area contributed by atoms with Crippen LogP contribution in [0.25, 0.3) is 0 Å². The predicted octanol–water partition coefficient (Wildman–Crippen LogP) is 5.59. The highest BCUT2D eigenvalue weighted by Crippen LogP contribution is 2.34. The molecule has 1 heterocycles. The standard InChI is InChI=1S/C25H40O4S/c1-25(2,3)30(26,27)19-22-11-9-20(10-12-22)7-8-21-13-15-23(16-14-21)29-18-24-6-4-5-17-28-24/h13-16,20,22,24H,4-12,17-19H2,1-3H3. The van der Waals surface area contributed by atoms with Gasteiger partial charge < -0.3 is 9.47 Å². The average Bonchev–Trinajstić information content (AvgIpc) is 2.72. The van der Waals surface area contributed by atoms with Crippen molar-refractivity contribution in [3.05, 3.63) is 29.8 Å². The van der Waals surface area contributed by atoms with E-state index in [2.05, 4.69) is 24.3 Å². The van der Waals surface area contributed by atoms with Crippen molar-refractivity contribution in [1.82, 2.24) is 0 Å². The molecule has 1 aromatic carbocycles. The summed E-state index contributed by atoms with van der Waals surface area (Å²) in [5.41, 5.74) is 1.36. The van der Waals surface area contributed by atoms with Crippen molar-refractivity contribution in [3.63, 3.8) is 0 Å². The molecule has 0 spiro atoms. The number of aryl methyl sites for hydroxylation is 1. The first-order chi connectivity index (χ1) is 14.2. The van der Waals surface area contributed by atoms with E-state index in [1.807, 2.05) is 20.8 Å². The van der Waals surface area contributed by atoms with Gasteiger partial charge in [0.25, 0.3) is 0 Å². The van der Waals surface area contributed by atoms with Gasteiger partial charge in [0.2, 0.25) is 0 Å². The highest BCUT2D eigenvalue weighted by atomic mass is 32.2. The molecule has 1 aliphatic carbocycles. The smallest absolute Gasteiger partial charge is 0.155 e. The Morgan fingerprint density at radius 1 is 0.967 bits per heavy atom. The Morgan fingerprint density at radius 2 is 1.63 bits per heavy atom. The molecule has 1 saturated carbocycles. The minimum absolute atomic E-state index is 0.243. The van der Waals surface area contributed by atoms with Crippen molar-refractivity contribution in [1.29, 1.82) is 0 Å². The number of ether oxygens (including phenoxy) is 2. The Labute approximate surface area is 183 Å². The fourth-order valence-corrected chi connectivity index (χ4v) is 5.95. The summed E-state index contributed by atoms with van der Waals surface area (Å²) in [7, 11) is -3.01. The second kappa shape index (κ2) is 10.5. The third-order valence-electron chi connectivity index (χ3n) is 6.83. The Bertz CT molecular complexity index is 734. The summed E-state index contributed by atoms with van der Waals surface area (Å²) in [6.45, 7) is 6.95. The summed E-state index contributed by atoms with van der Waals surface area (Å²) < 4.78 is 35.9. The molecule has 4 nitrogen and oxygen atoms in total. The van der Waals surface area contributed by atoms with Crippen LogP contribution in [0.2, 0.25) is 0 Å². The van der Waals surface area contributed by atoms with Crippen LogP contribution in [-0.4, -0.2) is 38.2 Å². The maximum absolute atomic E-state index is 12.5. The lowest BCUT2D eigenvalue weighted by Crippen LogP contribution is -2.34. The quantitative estimate of drug-likeness (QED) is 0.533. The van der Waals surface area contributed by atoms with Gasteiger partial charge in [0.1, 0.15) is 12.4 Å². The van der Waals surface area contributed by atoms with E-state index in [0.717, 1.165) is 56.8 Å². The summed E-state index contributed by atoms with van der Waals surface area (Å²) in [4.78, 5) is 0. The predicted molar refractivity (Wildman–Crippen MR) is 123 cm³/mol. The van der Waals surface area contributed by atoms with Crippen molar-refractivity contribution < 1.29 is 17.9 Å². The van der Waals surface area contributed by atoms with Crippen LogP contribution in [0.1, 0.15) is 77.7 Å². The lowest BCUT2D eigenvalue weighted by Gasteiger charge is -2.30. The molecule has 0 N–H and O–H groups in total. The molecule has 1 atom stereocenters. The molecule has 1 saturated heterocycles. The van der Waals surface area contributed by atoms with Gasteiger partial charge in [-0.1, -0.05) is 25.0 Å². The van der Waals surface area contributed by atoms with Crippen LogP contribution < -0.4 is 4.74 Å². The van der Waals surface area contributed by atoms with Crippen LogP contribution in [-0.2, 0) is 21.0 Å². The fourth-order valence-electron chi connectivity index (χ4n) is 4.50. The molecular weight excluding hydrogens is 396 g/mol. The van der Waals surface area contributed by atoms with Gasteiger partial charge in [-0.3, -0.25) is 0 Å². The highest BCUT2D eigenvalue weighted by molar-refractivity contribution is 7.92. The third-order valence-corrected chi connectivity index (χ3v) is 9.61. The molecule has 5 heteroatoms. The first-order valence-corrected chi connectivity index (χ1v) is 13.4. The molecule has 30 heavy (non-hydrogen) atoms. The van der Waals surface area contributed by atoms with Crippen LogP contribution in [0.4, 0.5) is 0 Å². The van der Waals surface area contributed by atoms with Crippen LogP contribution in [0.5, 0.6) is 5.75 Å². The Morgan fingerprint density at radius 3 is 2.23 bits per heavy atom. The largest absolute Gasteiger partial charge is 0.491 e. The van der Waals surface area contributed by atoms with Gasteiger partial charge in [-0.15, -0.1) is 0 Å². The van der Waals surface area contributed by atoms with Crippen LogP contribution >= 0.6 is 0 Å². The summed E-state index contributed by atoms with van der Waals surface area (Å²) >= 11 is 0. The minimum atomic E-state index is -3.01. The Kier molecular flexibility index (Phi) is 8.25. The zero-order chi connectivity index (χ0) is 21.6. The van der Waals surface area contributed by atoms with Crippen LogP contribution in [0.15, 0.2) is 24.3 Å². The normalized spacial score (nSPS) is 25.8. The Balaban J connectivity index is 1.36. The second-order valence-corrected chi connectivity index (χ2v) is 13.1. The van der Waals surface area contributed by atoms with E-state index >= 15 is 0 Å². The van der Waals surface area contributed by atoms with Gasteiger partial charge in [-0.05, 0) is 95.2 Å². The number of benzene rings is 1. The van der Waals surface area contributed by atoms with E-state index < -0.39 is 14.6 Å². The molecule has 0 aromatic heterocycles. The van der Waals surface area contributed by atoms with E-state index in [1.165, 1.54) is 24.8 Å². The van der Waals surface area contributed by atoms with Crippen LogP contribution in [0, 0.1) is 11.8 Å². The minimum Gasteiger partial charge on any atom is -0.491 e. The van der Waals surface area contributed by atoms with Crippen molar-refractivity contribution in [3.8, 4) is 5.75 Å². The van der Waals surface area contributed by atoms with E-state index in [0.29, 0.717) is 18.3 Å². The van der Waals surface area contributed by atoms with Crippen molar-refractivity contribution >= 4 is 9.84 Å². The Hall–Kier alpha value is -1.07. The average molecular weight is 437 g/mol. The van der Waals surface area contributed by atoms with Crippen molar-refractivity contribution in [2.45, 2.75) is 89.4 Å². The first-order valence-electron chi connectivity index (χ1n) is 11.8. The fraction of sp³-hybridized carbons (Fsp3) is 0.760. The highest BCUT2D eigenvalue weighted by Gasteiger charge is 2.33. The molecule has 0 bridgehead atoms. The van der Waals surface area contributed by atoms with Gasteiger partial charge in [0, 0.05) is 6.61 Å². The van der Waals surface area contributed by atoms with Gasteiger partial charge in [-0.2, -0.15) is 0 Å². The lowest BCUT2D eigenvalue weighted by molar-refractivity contribution is -0.0110. The van der Waals surface area contributed by atoms with E-state index in [1.54, 1.807) is 0 Å². The SMILES string of the molecule is CC(C)(C)S(=O)(=O)CC1CCC(CCc2ccc(OCC3CCCCO3)cc2)CC1. The molecule has 1 aliphatic heterocycles. The molecule has 2 fully saturated rings. The van der Waals surface area contributed by atoms with Gasteiger partial charge in [0.05, 0.1) is 16.6 Å². The summed E-state index contributed by atoms with van der Waals surface area (Å²) in [5, 5.41) is 0. The lowest BCUT2D eigenvalue weighted by atomic mass is 9.80. The van der Waals surface area contributed by atoms with Crippen molar-refractivity contribution in [2.75, 3.05) is 19.0 Å². The van der Waals surface area contributed by atoms with E-state index in [-0.39, 0.29) is 6.10 Å². The van der Waals surface area contributed by atoms with E-state index in [4.69, 9.17) is 9.47 Å². The van der Waals surface area contributed by atoms with Gasteiger partial charge >= 0.3 is 0 Å². The summed E-state index contributed by atoms with van der Waals surface area (Å²) in [5.74, 6) is 2.35. The molecule has 1 aromatic rings. The molecule has 0 radical (unpaired) electrons. The second-order valence-electron chi connectivity index (χ2n) is 10.3. The molecule has 170 valence electrons. The van der Waals surface area contributed by atoms with E-state index in [9.17, 15) is 8.42 Å². The third kappa shape index (κ3) is 6.98. The zero-order valence-electron chi connectivity index (χ0n) is 19.1. The molecule has 2 aliphatic rings. The number of rotatable bonds is 8. The van der Waals surface area contributed by atoms with Crippen molar-refractivity contribution in [2.24, 2.45) is 11.8 Å². The molecule has 3 rings (SSSR count). The summed E-state index contributed by atoms with van der Waals surface area (Å²) in [6.07, 6.45) is 10.4. The number of hydrogen-bond donors (Lipinski definition) is 0. The molecule has 0 amide bonds. The number of sulfone groups is 1. The molecule has 1 unspecified atom stereocenters. The first kappa shape index (κ1) is 23.6. The molecular formula is C25H40O4S. The zero-order valence-corrected chi connectivity index (χ0v) is 19.9. The van der Waals surface area contributed by atoms with Gasteiger partial charge in [0.15, 0.2) is 9.84 Å². The maximum Gasteiger partial charge on any atom is 0.155 e. The maximum atomic E-state index is 12.5. The van der Waals surface area contributed by atoms with Gasteiger partial charge in [-0.25, -0.2) is 8.42 Å². The topological polar surface area (TPSA) is 52.6 Å². The monoisotopic (exact) mass is 436 g/mol. The summed E-state index contributed by atoms with van der Waals surface area (Å²) in [6, 6.07) is 8.51. The number of hydrogen-bond acceptors (Lipinski definition) is 4.